The largest absolute Gasteiger partial charge is 0.348 e. The van der Waals surface area contributed by atoms with Crippen molar-refractivity contribution in [2.45, 2.75) is 33.4 Å². The Balaban J connectivity index is 1.32. The molecule has 9 heteroatoms. The molecule has 4 rings (SSSR count). The Morgan fingerprint density at radius 2 is 2.03 bits per heavy atom. The number of benzene rings is 1. The van der Waals surface area contributed by atoms with Crippen LogP contribution in [-0.2, 0) is 13.1 Å². The number of carbonyl (C=O) groups excluding carboxylic acids is 1. The van der Waals surface area contributed by atoms with Crippen LogP contribution < -0.4 is 5.32 Å². The number of hydrogen-bond donors (Lipinski definition) is 1. The lowest BCUT2D eigenvalue weighted by molar-refractivity contribution is 0.0909. The summed E-state index contributed by atoms with van der Waals surface area (Å²) in [6.45, 7) is 6.00. The van der Waals surface area contributed by atoms with Crippen LogP contribution in [0.1, 0.15) is 34.1 Å². The van der Waals surface area contributed by atoms with Gasteiger partial charge in [0.05, 0.1) is 18.6 Å². The van der Waals surface area contributed by atoms with Crippen molar-refractivity contribution in [3.8, 4) is 11.4 Å². The Labute approximate surface area is 173 Å². The highest BCUT2D eigenvalue weighted by atomic mass is 16.5. The van der Waals surface area contributed by atoms with Gasteiger partial charge >= 0.3 is 11.8 Å². The average Bonchev–Trinajstić information content (AvgIpc) is 3.48. The van der Waals surface area contributed by atoms with Crippen LogP contribution in [-0.4, -0.2) is 41.9 Å². The third kappa shape index (κ3) is 4.62. The summed E-state index contributed by atoms with van der Waals surface area (Å²) in [5.41, 5.74) is 4.03. The van der Waals surface area contributed by atoms with E-state index < -0.39 is 0 Å². The molecular formula is C21H23N7O2. The second-order valence-electron chi connectivity index (χ2n) is 7.11. The maximum atomic E-state index is 12.2. The predicted octanol–water partition coefficient (Wildman–Crippen LogP) is 2.61. The summed E-state index contributed by atoms with van der Waals surface area (Å²) in [7, 11) is 0. The van der Waals surface area contributed by atoms with Crippen molar-refractivity contribution in [2.24, 2.45) is 0 Å². The topological polar surface area (TPSA) is 104 Å². The molecule has 154 valence electrons. The number of nitrogens with one attached hydrogen (secondary N) is 1. The van der Waals surface area contributed by atoms with Gasteiger partial charge in [-0.1, -0.05) is 29.4 Å². The molecule has 0 radical (unpaired) electrons. The quantitative estimate of drug-likeness (QED) is 0.452. The molecule has 0 aliphatic carbocycles. The standard InChI is InChI=1S/C21H23N7O2/c1-15-12-16(2)28(25-15)13-17-4-6-18(7-5-17)19-24-21(30-26-19)20(29)23-8-3-10-27-11-9-22-14-27/h4-7,9,11-12,14H,3,8,10,13H2,1-2H3,(H,23,29). The van der Waals surface area contributed by atoms with E-state index in [2.05, 4.69) is 31.6 Å². The monoisotopic (exact) mass is 405 g/mol. The van der Waals surface area contributed by atoms with Crippen LogP contribution in [0.2, 0.25) is 0 Å². The van der Waals surface area contributed by atoms with Gasteiger partial charge in [0, 0.05) is 36.7 Å². The van der Waals surface area contributed by atoms with Crippen molar-refractivity contribution in [3.63, 3.8) is 0 Å². The summed E-state index contributed by atoms with van der Waals surface area (Å²) in [6, 6.07) is 9.88. The van der Waals surface area contributed by atoms with Crippen molar-refractivity contribution in [3.05, 3.63) is 71.9 Å². The summed E-state index contributed by atoms with van der Waals surface area (Å²) in [6.07, 6.45) is 6.13. The molecule has 4 aromatic rings. The number of hydrogen-bond acceptors (Lipinski definition) is 6. The molecular weight excluding hydrogens is 382 g/mol. The van der Waals surface area contributed by atoms with Crippen LogP contribution in [0.3, 0.4) is 0 Å². The highest BCUT2D eigenvalue weighted by Crippen LogP contribution is 2.17. The van der Waals surface area contributed by atoms with Crippen LogP contribution in [0.5, 0.6) is 0 Å². The molecule has 1 aromatic carbocycles. The number of imidazole rings is 1. The van der Waals surface area contributed by atoms with Crippen LogP contribution in [0.4, 0.5) is 0 Å². The van der Waals surface area contributed by atoms with Crippen LogP contribution in [0, 0.1) is 13.8 Å². The van der Waals surface area contributed by atoms with Gasteiger partial charge in [-0.25, -0.2) is 4.98 Å². The number of aromatic nitrogens is 6. The molecule has 0 fully saturated rings. The number of amides is 1. The zero-order chi connectivity index (χ0) is 20.9. The first-order valence-corrected chi connectivity index (χ1v) is 9.76. The van der Waals surface area contributed by atoms with Gasteiger partial charge in [0.25, 0.3) is 0 Å². The molecule has 0 bridgehead atoms. The lowest BCUT2D eigenvalue weighted by atomic mass is 10.1. The van der Waals surface area contributed by atoms with E-state index in [1.165, 1.54) is 0 Å². The summed E-state index contributed by atoms with van der Waals surface area (Å²) >= 11 is 0. The number of carbonyl (C=O) groups is 1. The predicted molar refractivity (Wildman–Crippen MR) is 110 cm³/mol. The van der Waals surface area contributed by atoms with E-state index in [1.807, 2.05) is 53.6 Å². The Kier molecular flexibility index (Phi) is 5.69. The lowest BCUT2D eigenvalue weighted by Gasteiger charge is -2.05. The van der Waals surface area contributed by atoms with E-state index in [4.69, 9.17) is 4.52 Å². The number of aryl methyl sites for hydroxylation is 3. The smallest absolute Gasteiger partial charge is 0.316 e. The third-order valence-electron chi connectivity index (χ3n) is 4.71. The maximum Gasteiger partial charge on any atom is 0.316 e. The zero-order valence-corrected chi connectivity index (χ0v) is 16.9. The van der Waals surface area contributed by atoms with E-state index in [0.717, 1.165) is 35.5 Å². The third-order valence-corrected chi connectivity index (χ3v) is 4.71. The summed E-state index contributed by atoms with van der Waals surface area (Å²) in [4.78, 5) is 20.4. The van der Waals surface area contributed by atoms with E-state index in [9.17, 15) is 4.79 Å². The summed E-state index contributed by atoms with van der Waals surface area (Å²) in [5.74, 6) is -0.0314. The minimum atomic E-state index is -0.375. The molecule has 0 aliphatic rings. The SMILES string of the molecule is Cc1cc(C)n(Cc2ccc(-c3noc(C(=O)NCCCn4ccnc4)n3)cc2)n1. The van der Waals surface area contributed by atoms with Crippen molar-refractivity contribution in [1.29, 1.82) is 0 Å². The molecule has 30 heavy (non-hydrogen) atoms. The second kappa shape index (κ2) is 8.73. The van der Waals surface area contributed by atoms with Gasteiger partial charge in [0.15, 0.2) is 0 Å². The molecule has 0 saturated heterocycles. The minimum Gasteiger partial charge on any atom is -0.348 e. The number of nitrogens with zero attached hydrogens (tertiary/aromatic N) is 6. The van der Waals surface area contributed by atoms with Crippen LogP contribution >= 0.6 is 0 Å². The van der Waals surface area contributed by atoms with Crippen molar-refractivity contribution >= 4 is 5.91 Å². The number of rotatable bonds is 8. The molecule has 3 heterocycles. The first-order valence-electron chi connectivity index (χ1n) is 9.76. The molecule has 9 nitrogen and oxygen atoms in total. The fourth-order valence-electron chi connectivity index (χ4n) is 3.16. The van der Waals surface area contributed by atoms with E-state index in [-0.39, 0.29) is 11.8 Å². The molecule has 0 unspecified atom stereocenters. The molecule has 0 spiro atoms. The Bertz CT molecular complexity index is 1110. The fraction of sp³-hybridized carbons (Fsp3) is 0.286. The Hall–Kier alpha value is -3.75. The Morgan fingerprint density at radius 1 is 1.20 bits per heavy atom. The van der Waals surface area contributed by atoms with Crippen molar-refractivity contribution in [1.82, 2.24) is 34.8 Å². The zero-order valence-electron chi connectivity index (χ0n) is 16.9. The molecule has 1 N–H and O–H groups in total. The van der Waals surface area contributed by atoms with Gasteiger partial charge in [-0.05, 0) is 31.9 Å². The second-order valence-corrected chi connectivity index (χ2v) is 7.11. The first-order chi connectivity index (χ1) is 14.6. The minimum absolute atomic E-state index is 0.0423. The lowest BCUT2D eigenvalue weighted by Crippen LogP contribution is -2.25. The van der Waals surface area contributed by atoms with Gasteiger partial charge < -0.3 is 14.4 Å². The van der Waals surface area contributed by atoms with Gasteiger partial charge in [-0.3, -0.25) is 9.48 Å². The summed E-state index contributed by atoms with van der Waals surface area (Å²) in [5, 5.41) is 11.2. The fourth-order valence-corrected chi connectivity index (χ4v) is 3.16. The average molecular weight is 405 g/mol. The Morgan fingerprint density at radius 3 is 2.73 bits per heavy atom. The first kappa shape index (κ1) is 19.6. The van der Waals surface area contributed by atoms with Gasteiger partial charge in [-0.2, -0.15) is 10.1 Å². The van der Waals surface area contributed by atoms with E-state index in [1.54, 1.807) is 12.5 Å². The van der Waals surface area contributed by atoms with Crippen LogP contribution in [0.25, 0.3) is 11.4 Å². The molecule has 3 aromatic heterocycles. The van der Waals surface area contributed by atoms with Gasteiger partial charge in [0.2, 0.25) is 5.82 Å². The van der Waals surface area contributed by atoms with Gasteiger partial charge in [0.1, 0.15) is 0 Å². The van der Waals surface area contributed by atoms with Crippen molar-refractivity contribution in [2.75, 3.05) is 6.54 Å². The molecule has 0 atom stereocenters. The van der Waals surface area contributed by atoms with E-state index >= 15 is 0 Å². The molecule has 1 amide bonds. The highest BCUT2D eigenvalue weighted by molar-refractivity contribution is 5.89. The normalized spacial score (nSPS) is 11.0. The van der Waals surface area contributed by atoms with Crippen molar-refractivity contribution < 1.29 is 9.32 Å². The highest BCUT2D eigenvalue weighted by Gasteiger charge is 2.15. The van der Waals surface area contributed by atoms with Gasteiger partial charge in [-0.15, -0.1) is 0 Å². The molecule has 0 aliphatic heterocycles. The molecule has 0 saturated carbocycles. The summed E-state index contributed by atoms with van der Waals surface area (Å²) < 4.78 is 9.05. The maximum absolute atomic E-state index is 12.2. The van der Waals surface area contributed by atoms with Crippen LogP contribution in [0.15, 0.2) is 53.6 Å². The van der Waals surface area contributed by atoms with E-state index in [0.29, 0.717) is 18.9 Å².